The maximum atomic E-state index is 6.26. The van der Waals surface area contributed by atoms with Crippen molar-refractivity contribution in [1.82, 2.24) is 5.32 Å². The predicted molar refractivity (Wildman–Crippen MR) is 84.1 cm³/mol. The number of hydrogen-bond acceptors (Lipinski definition) is 4. The Labute approximate surface area is 127 Å². The minimum absolute atomic E-state index is 0.227. The number of ether oxygens (including phenoxy) is 3. The third-order valence-electron chi connectivity index (χ3n) is 3.56. The third-order valence-corrected chi connectivity index (χ3v) is 3.56. The average Bonchev–Trinajstić information content (AvgIpc) is 2.52. The topological polar surface area (TPSA) is 39.7 Å². The molecule has 1 aromatic carbocycles. The summed E-state index contributed by atoms with van der Waals surface area (Å²) in [5, 5.41) is 3.44. The van der Waals surface area contributed by atoms with Gasteiger partial charge in [-0.05, 0) is 26.0 Å². The van der Waals surface area contributed by atoms with E-state index < -0.39 is 0 Å². The molecule has 0 aromatic heterocycles. The maximum Gasteiger partial charge on any atom is 0.166 e. The van der Waals surface area contributed by atoms with E-state index in [1.807, 2.05) is 19.1 Å². The molecule has 2 rings (SSSR count). The van der Waals surface area contributed by atoms with Crippen LogP contribution in [0.1, 0.15) is 38.7 Å². The lowest BCUT2D eigenvalue weighted by molar-refractivity contribution is 0.0239. The van der Waals surface area contributed by atoms with E-state index in [0.29, 0.717) is 6.61 Å². The van der Waals surface area contributed by atoms with Crippen LogP contribution in [0.2, 0.25) is 0 Å². The summed E-state index contributed by atoms with van der Waals surface area (Å²) in [7, 11) is 0. The minimum atomic E-state index is 0.227. The predicted octanol–water partition coefficient (Wildman–Crippen LogP) is 3.14. The molecule has 1 aliphatic heterocycles. The van der Waals surface area contributed by atoms with Gasteiger partial charge in [0.1, 0.15) is 6.10 Å². The fourth-order valence-corrected chi connectivity index (χ4v) is 2.46. The molecule has 1 aromatic rings. The smallest absolute Gasteiger partial charge is 0.166 e. The van der Waals surface area contributed by atoms with E-state index in [-0.39, 0.29) is 6.10 Å². The Hall–Kier alpha value is -1.26. The van der Waals surface area contributed by atoms with E-state index >= 15 is 0 Å². The molecule has 1 fully saturated rings. The Morgan fingerprint density at radius 2 is 2.05 bits per heavy atom. The van der Waals surface area contributed by atoms with Crippen LogP contribution >= 0.6 is 0 Å². The molecule has 4 nitrogen and oxygen atoms in total. The molecule has 0 radical (unpaired) electrons. The highest BCUT2D eigenvalue weighted by molar-refractivity contribution is 5.46. The number of nitrogens with one attached hydrogen (secondary N) is 1. The molecule has 4 heteroatoms. The van der Waals surface area contributed by atoms with Gasteiger partial charge in [0.2, 0.25) is 0 Å². The number of rotatable bonds is 8. The van der Waals surface area contributed by atoms with E-state index in [1.165, 1.54) is 5.56 Å². The van der Waals surface area contributed by atoms with E-state index in [1.54, 1.807) is 0 Å². The highest BCUT2D eigenvalue weighted by Crippen LogP contribution is 2.33. The van der Waals surface area contributed by atoms with Gasteiger partial charge in [0.05, 0.1) is 19.8 Å². The molecular formula is C17H27NO3. The van der Waals surface area contributed by atoms with Gasteiger partial charge in [0.15, 0.2) is 11.5 Å². The molecule has 0 saturated carbocycles. The van der Waals surface area contributed by atoms with Crippen LogP contribution in [0.25, 0.3) is 0 Å². The summed E-state index contributed by atoms with van der Waals surface area (Å²) < 4.78 is 17.4. The second-order valence-electron chi connectivity index (χ2n) is 5.28. The first-order chi connectivity index (χ1) is 10.3. The van der Waals surface area contributed by atoms with Crippen LogP contribution < -0.4 is 14.8 Å². The molecule has 118 valence electrons. The number of hydrogen-bond donors (Lipinski definition) is 1. The quantitative estimate of drug-likeness (QED) is 0.747. The lowest BCUT2D eigenvalue weighted by Crippen LogP contribution is -2.27. The molecule has 0 aliphatic carbocycles. The Kier molecular flexibility index (Phi) is 6.83. The fraction of sp³-hybridized carbons (Fsp3) is 0.647. The van der Waals surface area contributed by atoms with Crippen molar-refractivity contribution in [3.8, 4) is 11.5 Å². The lowest BCUT2D eigenvalue weighted by atomic mass is 10.1. The monoisotopic (exact) mass is 293 g/mol. The summed E-state index contributed by atoms with van der Waals surface area (Å²) in [6.07, 6.45) is 3.25. The lowest BCUT2D eigenvalue weighted by Gasteiger charge is -2.26. The van der Waals surface area contributed by atoms with Crippen molar-refractivity contribution in [3.05, 3.63) is 23.8 Å². The highest BCUT2D eigenvalue weighted by Gasteiger charge is 2.19. The summed E-state index contributed by atoms with van der Waals surface area (Å²) in [6, 6.07) is 6.13. The van der Waals surface area contributed by atoms with Gasteiger partial charge >= 0.3 is 0 Å². The molecule has 1 heterocycles. The Balaban J connectivity index is 2.11. The molecule has 1 aliphatic rings. The largest absolute Gasteiger partial charge is 0.490 e. The van der Waals surface area contributed by atoms with Crippen molar-refractivity contribution >= 4 is 0 Å². The van der Waals surface area contributed by atoms with Crippen LogP contribution in [-0.2, 0) is 11.3 Å². The zero-order valence-corrected chi connectivity index (χ0v) is 13.2. The molecule has 1 saturated heterocycles. The number of benzene rings is 1. The Morgan fingerprint density at radius 1 is 1.24 bits per heavy atom. The van der Waals surface area contributed by atoms with Gasteiger partial charge in [-0.2, -0.15) is 0 Å². The normalized spacial score (nSPS) is 15.9. The van der Waals surface area contributed by atoms with Crippen molar-refractivity contribution in [1.29, 1.82) is 0 Å². The van der Waals surface area contributed by atoms with Crippen molar-refractivity contribution in [2.75, 3.05) is 26.4 Å². The standard InChI is InChI=1S/C17H27NO3/c1-3-10-18-13-14-6-5-7-16(20-4-2)17(14)21-15-8-11-19-12-9-15/h5-7,15,18H,3-4,8-13H2,1-2H3. The van der Waals surface area contributed by atoms with Gasteiger partial charge in [-0.25, -0.2) is 0 Å². The summed E-state index contributed by atoms with van der Waals surface area (Å²) in [6.45, 7) is 8.21. The zero-order valence-electron chi connectivity index (χ0n) is 13.2. The van der Waals surface area contributed by atoms with E-state index in [2.05, 4.69) is 18.3 Å². The van der Waals surface area contributed by atoms with Crippen LogP contribution in [0.3, 0.4) is 0 Å². The zero-order chi connectivity index (χ0) is 14.9. The average molecular weight is 293 g/mol. The molecule has 0 unspecified atom stereocenters. The molecule has 0 atom stereocenters. The SMILES string of the molecule is CCCNCc1cccc(OCC)c1OC1CCOCC1. The van der Waals surface area contributed by atoms with Crippen molar-refractivity contribution in [2.45, 2.75) is 45.8 Å². The highest BCUT2D eigenvalue weighted by atomic mass is 16.5. The summed E-state index contributed by atoms with van der Waals surface area (Å²) in [4.78, 5) is 0. The summed E-state index contributed by atoms with van der Waals surface area (Å²) in [5.74, 6) is 1.75. The number of para-hydroxylation sites is 1. The van der Waals surface area contributed by atoms with Crippen molar-refractivity contribution in [3.63, 3.8) is 0 Å². The van der Waals surface area contributed by atoms with Gasteiger partial charge in [0, 0.05) is 24.9 Å². The van der Waals surface area contributed by atoms with Crippen LogP contribution in [0.5, 0.6) is 11.5 Å². The first kappa shape index (κ1) is 16.1. The molecule has 0 spiro atoms. The van der Waals surface area contributed by atoms with Gasteiger partial charge in [-0.15, -0.1) is 0 Å². The van der Waals surface area contributed by atoms with Gasteiger partial charge in [-0.1, -0.05) is 19.1 Å². The second-order valence-corrected chi connectivity index (χ2v) is 5.28. The Bertz CT molecular complexity index is 416. The van der Waals surface area contributed by atoms with E-state index in [0.717, 1.165) is 57.1 Å². The van der Waals surface area contributed by atoms with Crippen molar-refractivity contribution in [2.24, 2.45) is 0 Å². The first-order valence-corrected chi connectivity index (χ1v) is 8.05. The molecule has 21 heavy (non-hydrogen) atoms. The fourth-order valence-electron chi connectivity index (χ4n) is 2.46. The summed E-state index contributed by atoms with van der Waals surface area (Å²) >= 11 is 0. The second kappa shape index (κ2) is 8.90. The minimum Gasteiger partial charge on any atom is -0.490 e. The van der Waals surface area contributed by atoms with Gasteiger partial charge < -0.3 is 19.5 Å². The molecule has 1 N–H and O–H groups in total. The van der Waals surface area contributed by atoms with Crippen LogP contribution in [-0.4, -0.2) is 32.5 Å². The van der Waals surface area contributed by atoms with Gasteiger partial charge in [0.25, 0.3) is 0 Å². The van der Waals surface area contributed by atoms with E-state index in [4.69, 9.17) is 14.2 Å². The van der Waals surface area contributed by atoms with Crippen LogP contribution in [0, 0.1) is 0 Å². The first-order valence-electron chi connectivity index (χ1n) is 8.05. The molecular weight excluding hydrogens is 266 g/mol. The van der Waals surface area contributed by atoms with Crippen LogP contribution in [0.4, 0.5) is 0 Å². The third kappa shape index (κ3) is 4.90. The van der Waals surface area contributed by atoms with Gasteiger partial charge in [-0.3, -0.25) is 0 Å². The molecule has 0 amide bonds. The van der Waals surface area contributed by atoms with Crippen molar-refractivity contribution < 1.29 is 14.2 Å². The maximum absolute atomic E-state index is 6.26. The molecule has 0 bridgehead atoms. The van der Waals surface area contributed by atoms with Crippen LogP contribution in [0.15, 0.2) is 18.2 Å². The Morgan fingerprint density at radius 3 is 2.76 bits per heavy atom. The summed E-state index contributed by atoms with van der Waals surface area (Å²) in [5.41, 5.74) is 1.17. The van der Waals surface area contributed by atoms with E-state index in [9.17, 15) is 0 Å².